The van der Waals surface area contributed by atoms with E-state index in [2.05, 4.69) is 19.2 Å². The molecule has 0 bridgehead atoms. The Bertz CT molecular complexity index is 143. The van der Waals surface area contributed by atoms with Crippen molar-refractivity contribution in [3.63, 3.8) is 0 Å². The molecule has 1 nitrogen and oxygen atoms in total. The van der Waals surface area contributed by atoms with E-state index in [0.717, 1.165) is 11.8 Å². The van der Waals surface area contributed by atoms with E-state index in [1.54, 1.807) is 0 Å². The monoisotopic (exact) mass is 153 g/mol. The largest absolute Gasteiger partial charge is 0.311 e. The Labute approximate surface area is 69.6 Å². The lowest BCUT2D eigenvalue weighted by Crippen LogP contribution is -2.42. The summed E-state index contributed by atoms with van der Waals surface area (Å²) >= 11 is 0. The Balaban J connectivity index is 1.72. The molecule has 0 aromatic heterocycles. The average Bonchev–Trinajstić information content (AvgIpc) is 2.79. The van der Waals surface area contributed by atoms with Crippen molar-refractivity contribution in [2.75, 3.05) is 6.54 Å². The summed E-state index contributed by atoms with van der Waals surface area (Å²) in [5, 5.41) is 3.68. The van der Waals surface area contributed by atoms with E-state index in [0.29, 0.717) is 5.54 Å². The summed E-state index contributed by atoms with van der Waals surface area (Å²) in [4.78, 5) is 0. The number of rotatable bonds is 4. The van der Waals surface area contributed by atoms with E-state index in [1.807, 2.05) is 0 Å². The molecule has 0 aromatic rings. The molecule has 0 radical (unpaired) electrons. The number of nitrogens with one attached hydrogen (secondary N) is 1. The van der Waals surface area contributed by atoms with Gasteiger partial charge in [0.15, 0.2) is 0 Å². The van der Waals surface area contributed by atoms with E-state index in [4.69, 9.17) is 0 Å². The van der Waals surface area contributed by atoms with Crippen LogP contribution in [-0.4, -0.2) is 12.1 Å². The molecule has 64 valence electrons. The number of hydrogen-bond donors (Lipinski definition) is 1. The topological polar surface area (TPSA) is 12.0 Å². The summed E-state index contributed by atoms with van der Waals surface area (Å²) < 4.78 is 0. The molecule has 0 aliphatic heterocycles. The molecule has 0 atom stereocenters. The summed E-state index contributed by atoms with van der Waals surface area (Å²) in [5.41, 5.74) is 0.433. The van der Waals surface area contributed by atoms with Crippen LogP contribution in [0, 0.1) is 11.8 Å². The third-order valence-electron chi connectivity index (χ3n) is 3.14. The van der Waals surface area contributed by atoms with E-state index >= 15 is 0 Å². The van der Waals surface area contributed by atoms with Crippen LogP contribution in [0.3, 0.4) is 0 Å². The summed E-state index contributed by atoms with van der Waals surface area (Å²) in [7, 11) is 0. The molecule has 2 aliphatic rings. The Morgan fingerprint density at radius 3 is 2.27 bits per heavy atom. The molecular formula is C10H19N. The van der Waals surface area contributed by atoms with Gasteiger partial charge >= 0.3 is 0 Å². The van der Waals surface area contributed by atoms with Crippen molar-refractivity contribution in [3.8, 4) is 0 Å². The van der Waals surface area contributed by atoms with Crippen molar-refractivity contribution in [1.29, 1.82) is 0 Å². The minimum atomic E-state index is 0.433. The molecule has 0 unspecified atom stereocenters. The normalized spacial score (nSPS) is 25.6. The van der Waals surface area contributed by atoms with Crippen LogP contribution in [0.15, 0.2) is 0 Å². The number of hydrogen-bond acceptors (Lipinski definition) is 1. The molecule has 0 amide bonds. The zero-order valence-electron chi connectivity index (χ0n) is 7.69. The minimum absolute atomic E-state index is 0.433. The molecule has 0 saturated heterocycles. The summed E-state index contributed by atoms with van der Waals surface area (Å²) in [6.07, 6.45) is 5.83. The van der Waals surface area contributed by atoms with Gasteiger partial charge in [0.05, 0.1) is 0 Å². The van der Waals surface area contributed by atoms with Gasteiger partial charge in [-0.3, -0.25) is 0 Å². The predicted octanol–water partition coefficient (Wildman–Crippen LogP) is 2.17. The summed E-state index contributed by atoms with van der Waals surface area (Å²) in [5.74, 6) is 1.99. The average molecular weight is 153 g/mol. The summed E-state index contributed by atoms with van der Waals surface area (Å²) in [6, 6.07) is 0. The van der Waals surface area contributed by atoms with Crippen LogP contribution in [0.4, 0.5) is 0 Å². The molecule has 1 heteroatoms. The fourth-order valence-corrected chi connectivity index (χ4v) is 1.68. The van der Waals surface area contributed by atoms with Gasteiger partial charge in [-0.05, 0) is 57.9 Å². The van der Waals surface area contributed by atoms with Gasteiger partial charge in [-0.2, -0.15) is 0 Å². The van der Waals surface area contributed by atoms with Crippen LogP contribution in [0.2, 0.25) is 0 Å². The first-order chi connectivity index (χ1) is 5.18. The fraction of sp³-hybridized carbons (Fsp3) is 1.00. The van der Waals surface area contributed by atoms with E-state index < -0.39 is 0 Å². The molecule has 0 heterocycles. The first kappa shape index (κ1) is 7.60. The lowest BCUT2D eigenvalue weighted by molar-refractivity contribution is 0.336. The maximum absolute atomic E-state index is 3.68. The van der Waals surface area contributed by atoms with Gasteiger partial charge in [-0.1, -0.05) is 0 Å². The molecule has 2 rings (SSSR count). The van der Waals surface area contributed by atoms with E-state index in [1.165, 1.54) is 32.2 Å². The van der Waals surface area contributed by atoms with Crippen LogP contribution in [0.25, 0.3) is 0 Å². The van der Waals surface area contributed by atoms with Crippen LogP contribution >= 0.6 is 0 Å². The maximum Gasteiger partial charge on any atom is 0.0153 e. The molecule has 0 spiro atoms. The summed E-state index contributed by atoms with van der Waals surface area (Å²) in [6.45, 7) is 5.98. The second-order valence-electron chi connectivity index (χ2n) is 4.82. The van der Waals surface area contributed by atoms with Crippen LogP contribution in [0.1, 0.15) is 39.5 Å². The molecule has 11 heavy (non-hydrogen) atoms. The molecular weight excluding hydrogens is 134 g/mol. The van der Waals surface area contributed by atoms with Crippen molar-refractivity contribution in [2.45, 2.75) is 45.1 Å². The first-order valence-electron chi connectivity index (χ1n) is 4.93. The minimum Gasteiger partial charge on any atom is -0.311 e. The predicted molar refractivity (Wildman–Crippen MR) is 47.5 cm³/mol. The SMILES string of the molecule is CC(C)(NCC1CC1)C1CC1. The van der Waals surface area contributed by atoms with Crippen LogP contribution < -0.4 is 5.32 Å². The highest BCUT2D eigenvalue weighted by atomic mass is 15.0. The van der Waals surface area contributed by atoms with Crippen LogP contribution in [0.5, 0.6) is 0 Å². The third-order valence-corrected chi connectivity index (χ3v) is 3.14. The fourth-order valence-electron chi connectivity index (χ4n) is 1.68. The van der Waals surface area contributed by atoms with Crippen molar-refractivity contribution in [2.24, 2.45) is 11.8 Å². The maximum atomic E-state index is 3.68. The molecule has 2 saturated carbocycles. The quantitative estimate of drug-likeness (QED) is 0.652. The molecule has 0 aromatic carbocycles. The van der Waals surface area contributed by atoms with E-state index in [9.17, 15) is 0 Å². The second-order valence-corrected chi connectivity index (χ2v) is 4.82. The Kier molecular flexibility index (Phi) is 1.71. The van der Waals surface area contributed by atoms with Crippen molar-refractivity contribution in [3.05, 3.63) is 0 Å². The highest BCUT2D eigenvalue weighted by Crippen LogP contribution is 2.39. The van der Waals surface area contributed by atoms with Gasteiger partial charge < -0.3 is 5.32 Å². The van der Waals surface area contributed by atoms with Crippen molar-refractivity contribution >= 4 is 0 Å². The lowest BCUT2D eigenvalue weighted by Gasteiger charge is -2.26. The second kappa shape index (κ2) is 2.48. The van der Waals surface area contributed by atoms with Gasteiger partial charge in [0.25, 0.3) is 0 Å². The third kappa shape index (κ3) is 1.96. The van der Waals surface area contributed by atoms with Gasteiger partial charge in [-0.15, -0.1) is 0 Å². The smallest absolute Gasteiger partial charge is 0.0153 e. The highest BCUT2D eigenvalue weighted by Gasteiger charge is 2.38. The Hall–Kier alpha value is -0.0400. The van der Waals surface area contributed by atoms with Gasteiger partial charge in [0.1, 0.15) is 0 Å². The Morgan fingerprint density at radius 2 is 1.82 bits per heavy atom. The van der Waals surface area contributed by atoms with Gasteiger partial charge in [0, 0.05) is 5.54 Å². The Morgan fingerprint density at radius 1 is 1.18 bits per heavy atom. The van der Waals surface area contributed by atoms with Gasteiger partial charge in [-0.25, -0.2) is 0 Å². The lowest BCUT2D eigenvalue weighted by atomic mass is 9.99. The zero-order valence-corrected chi connectivity index (χ0v) is 7.69. The van der Waals surface area contributed by atoms with Crippen molar-refractivity contribution < 1.29 is 0 Å². The first-order valence-corrected chi connectivity index (χ1v) is 4.93. The van der Waals surface area contributed by atoms with Gasteiger partial charge in [0.2, 0.25) is 0 Å². The van der Waals surface area contributed by atoms with Crippen molar-refractivity contribution in [1.82, 2.24) is 5.32 Å². The standard InChI is InChI=1S/C10H19N/c1-10(2,9-5-6-9)11-7-8-3-4-8/h8-9,11H,3-7H2,1-2H3. The molecule has 2 fully saturated rings. The zero-order chi connectivity index (χ0) is 7.90. The highest BCUT2D eigenvalue weighted by molar-refractivity contribution is 4.95. The molecule has 1 N–H and O–H groups in total. The molecule has 2 aliphatic carbocycles. The van der Waals surface area contributed by atoms with E-state index in [-0.39, 0.29) is 0 Å². The van der Waals surface area contributed by atoms with Crippen LogP contribution in [-0.2, 0) is 0 Å².